The van der Waals surface area contributed by atoms with Gasteiger partial charge in [0.1, 0.15) is 0 Å². The lowest BCUT2D eigenvalue weighted by Crippen LogP contribution is -2.52. The third kappa shape index (κ3) is 6.04. The molecule has 0 bridgehead atoms. The summed E-state index contributed by atoms with van der Waals surface area (Å²) in [5.41, 5.74) is 2.21. The highest BCUT2D eigenvalue weighted by Gasteiger charge is 2.60. The first kappa shape index (κ1) is 29.2. The molecule has 37 heavy (non-hydrogen) atoms. The average Bonchev–Trinajstić information content (AvgIpc) is 3.21. The number of allylic oxidation sites excluding steroid dienone is 1. The third-order valence-corrected chi connectivity index (χ3v) is 12.6. The summed E-state index contributed by atoms with van der Waals surface area (Å²) in [6, 6.07) is 0. The maximum Gasteiger partial charge on any atom is 0.306 e. The molecule has 3 nitrogen and oxygen atoms in total. The highest BCUT2D eigenvalue weighted by molar-refractivity contribution is 7.99. The molecule has 3 saturated carbocycles. The zero-order chi connectivity index (χ0) is 26.8. The number of ketones is 1. The molecule has 4 aliphatic rings. The van der Waals surface area contributed by atoms with Crippen LogP contribution in [0.5, 0.6) is 0 Å². The van der Waals surface area contributed by atoms with Crippen LogP contribution in [-0.2, 0) is 14.3 Å². The SMILES string of the molecule is COC(=O)CCSCC[C@@H]1C[C@@]2(C)C(=CC1=O)CC[C@H]1[C@@H]3CC[C@H]([C@H](C)CCCC(C)C)[C@@]3(C)CC[C@@H]12. The molecule has 4 rings (SSSR count). The number of carbonyl (C=O) groups is 2. The second kappa shape index (κ2) is 12.2. The van der Waals surface area contributed by atoms with Gasteiger partial charge in [-0.05, 0) is 110 Å². The van der Waals surface area contributed by atoms with Crippen molar-refractivity contribution in [3.05, 3.63) is 11.6 Å². The minimum atomic E-state index is -0.141. The number of carbonyl (C=O) groups excluding carboxylic acids is 2. The van der Waals surface area contributed by atoms with Gasteiger partial charge in [-0.1, -0.05) is 59.5 Å². The quantitative estimate of drug-likeness (QED) is 0.198. The van der Waals surface area contributed by atoms with Gasteiger partial charge in [0.05, 0.1) is 13.5 Å². The van der Waals surface area contributed by atoms with Gasteiger partial charge in [0.2, 0.25) is 0 Å². The number of rotatable bonds is 11. The Morgan fingerprint density at radius 1 is 1.08 bits per heavy atom. The van der Waals surface area contributed by atoms with E-state index < -0.39 is 0 Å². The number of ether oxygens (including phenoxy) is 1. The van der Waals surface area contributed by atoms with Gasteiger partial charge in [-0.25, -0.2) is 0 Å². The van der Waals surface area contributed by atoms with Gasteiger partial charge in [-0.15, -0.1) is 0 Å². The van der Waals surface area contributed by atoms with Gasteiger partial charge in [0.25, 0.3) is 0 Å². The molecule has 0 N–H and O–H groups in total. The summed E-state index contributed by atoms with van der Waals surface area (Å²) in [6.45, 7) is 12.5. The van der Waals surface area contributed by atoms with E-state index in [0.29, 0.717) is 17.6 Å². The molecular weight excluding hydrogens is 476 g/mol. The lowest BCUT2D eigenvalue weighted by atomic mass is 9.45. The van der Waals surface area contributed by atoms with Gasteiger partial charge in [0.15, 0.2) is 5.78 Å². The van der Waals surface area contributed by atoms with Crippen molar-refractivity contribution in [1.82, 2.24) is 0 Å². The maximum absolute atomic E-state index is 13.1. The summed E-state index contributed by atoms with van der Waals surface area (Å²) in [5, 5.41) is 0. The largest absolute Gasteiger partial charge is 0.469 e. The highest BCUT2D eigenvalue weighted by atomic mass is 32.2. The van der Waals surface area contributed by atoms with Crippen LogP contribution in [0.2, 0.25) is 0 Å². The van der Waals surface area contributed by atoms with Crippen molar-refractivity contribution in [3.63, 3.8) is 0 Å². The molecule has 0 aliphatic heterocycles. The van der Waals surface area contributed by atoms with Gasteiger partial charge in [0, 0.05) is 11.7 Å². The zero-order valence-electron chi connectivity index (χ0n) is 24.7. The number of hydrogen-bond acceptors (Lipinski definition) is 4. The van der Waals surface area contributed by atoms with Crippen LogP contribution >= 0.6 is 11.8 Å². The van der Waals surface area contributed by atoms with Gasteiger partial charge >= 0.3 is 5.97 Å². The van der Waals surface area contributed by atoms with Crippen LogP contribution in [0.1, 0.15) is 112 Å². The molecule has 3 fully saturated rings. The van der Waals surface area contributed by atoms with Crippen LogP contribution < -0.4 is 0 Å². The van der Waals surface area contributed by atoms with Crippen molar-refractivity contribution < 1.29 is 14.3 Å². The van der Waals surface area contributed by atoms with E-state index in [4.69, 9.17) is 4.74 Å². The molecule has 4 heteroatoms. The number of thioether (sulfide) groups is 1. The maximum atomic E-state index is 13.1. The Balaban J connectivity index is 1.39. The van der Waals surface area contributed by atoms with Crippen molar-refractivity contribution in [1.29, 1.82) is 0 Å². The van der Waals surface area contributed by atoms with Crippen molar-refractivity contribution >= 4 is 23.5 Å². The number of fused-ring (bicyclic) bond motifs is 5. The molecule has 0 radical (unpaired) electrons. The van der Waals surface area contributed by atoms with Gasteiger partial charge in [-0.3, -0.25) is 9.59 Å². The molecule has 4 aliphatic carbocycles. The fourth-order valence-electron chi connectivity index (χ4n) is 9.60. The normalized spacial score (nSPS) is 38.0. The molecule has 210 valence electrons. The molecular formula is C33H54O3S. The molecule has 0 aromatic rings. The number of esters is 1. The molecule has 0 amide bonds. The molecule has 0 unspecified atom stereocenters. The predicted octanol–water partition coefficient (Wildman–Crippen LogP) is 8.51. The predicted molar refractivity (Wildman–Crippen MR) is 156 cm³/mol. The molecule has 8 atom stereocenters. The minimum absolute atomic E-state index is 0.141. The van der Waals surface area contributed by atoms with Gasteiger partial charge < -0.3 is 4.74 Å². The Hall–Kier alpha value is -0.770. The van der Waals surface area contributed by atoms with E-state index in [1.807, 2.05) is 0 Å². The third-order valence-electron chi connectivity index (χ3n) is 11.6. The topological polar surface area (TPSA) is 43.4 Å². The summed E-state index contributed by atoms with van der Waals surface area (Å²) in [4.78, 5) is 24.5. The van der Waals surface area contributed by atoms with Crippen LogP contribution in [0.15, 0.2) is 11.6 Å². The number of methoxy groups -OCH3 is 1. The first-order chi connectivity index (χ1) is 17.6. The van der Waals surface area contributed by atoms with Crippen LogP contribution in [-0.4, -0.2) is 30.4 Å². The van der Waals surface area contributed by atoms with Crippen molar-refractivity contribution in [3.8, 4) is 0 Å². The van der Waals surface area contributed by atoms with Crippen molar-refractivity contribution in [2.45, 2.75) is 112 Å². The second-order valence-corrected chi connectivity index (χ2v) is 15.3. The van der Waals surface area contributed by atoms with E-state index in [9.17, 15) is 9.59 Å². The second-order valence-electron chi connectivity index (χ2n) is 14.1. The smallest absolute Gasteiger partial charge is 0.306 e. The van der Waals surface area contributed by atoms with E-state index in [-0.39, 0.29) is 17.3 Å². The fraction of sp³-hybridized carbons (Fsp3) is 0.879. The van der Waals surface area contributed by atoms with E-state index in [0.717, 1.165) is 66.3 Å². The Kier molecular flexibility index (Phi) is 9.61. The lowest BCUT2D eigenvalue weighted by molar-refractivity contribution is -0.140. The summed E-state index contributed by atoms with van der Waals surface area (Å²) < 4.78 is 4.75. The summed E-state index contributed by atoms with van der Waals surface area (Å²) in [7, 11) is 1.45. The number of hydrogen-bond donors (Lipinski definition) is 0. The Morgan fingerprint density at radius 3 is 2.59 bits per heavy atom. The van der Waals surface area contributed by atoms with Gasteiger partial charge in [-0.2, -0.15) is 11.8 Å². The Morgan fingerprint density at radius 2 is 1.86 bits per heavy atom. The van der Waals surface area contributed by atoms with Crippen LogP contribution in [0.25, 0.3) is 0 Å². The zero-order valence-corrected chi connectivity index (χ0v) is 25.5. The molecule has 0 heterocycles. The van der Waals surface area contributed by atoms with Crippen LogP contribution in [0.4, 0.5) is 0 Å². The van der Waals surface area contributed by atoms with E-state index in [1.54, 1.807) is 11.8 Å². The Labute approximate surface area is 231 Å². The molecule has 0 spiro atoms. The van der Waals surface area contributed by atoms with E-state index in [2.05, 4.69) is 40.7 Å². The van der Waals surface area contributed by atoms with Crippen molar-refractivity contribution in [2.24, 2.45) is 52.3 Å². The molecule has 0 saturated heterocycles. The van der Waals surface area contributed by atoms with E-state index >= 15 is 0 Å². The summed E-state index contributed by atoms with van der Waals surface area (Å²) in [5.74, 6) is 7.19. The fourth-order valence-corrected chi connectivity index (χ4v) is 10.6. The first-order valence-electron chi connectivity index (χ1n) is 15.5. The van der Waals surface area contributed by atoms with Crippen molar-refractivity contribution in [2.75, 3.05) is 18.6 Å². The molecule has 0 aromatic heterocycles. The summed E-state index contributed by atoms with van der Waals surface area (Å²) in [6.07, 6.45) is 16.8. The van der Waals surface area contributed by atoms with Crippen LogP contribution in [0, 0.1) is 52.3 Å². The monoisotopic (exact) mass is 530 g/mol. The lowest BCUT2D eigenvalue weighted by Gasteiger charge is -2.59. The average molecular weight is 531 g/mol. The minimum Gasteiger partial charge on any atom is -0.469 e. The highest BCUT2D eigenvalue weighted by Crippen LogP contribution is 2.68. The standard InChI is InChI=1S/C33H54O3S/c1-22(2)8-7-9-23(3)27-12-13-28-26-11-10-25-20-30(34)24(15-18-37-19-16-31(35)36-6)21-33(25,5)29(26)14-17-32(27,28)4/h20,22-24,26-29H,7-19,21H2,1-6H3/t23-,24-,26+,27-,28+,29+,32-,33+/m1/s1. The molecule has 0 aromatic carbocycles. The summed E-state index contributed by atoms with van der Waals surface area (Å²) >= 11 is 1.79. The first-order valence-corrected chi connectivity index (χ1v) is 16.6. The Bertz CT molecular complexity index is 849. The van der Waals surface area contributed by atoms with Crippen LogP contribution in [0.3, 0.4) is 0 Å². The van der Waals surface area contributed by atoms with E-state index in [1.165, 1.54) is 64.0 Å².